The largest absolute Gasteiger partial charge is 0.331 e. The molecule has 0 atom stereocenters. The number of nitrogens with one attached hydrogen (secondary N) is 1. The molecule has 2 aromatic heterocycles. The third-order valence-electron chi connectivity index (χ3n) is 2.50. The van der Waals surface area contributed by atoms with E-state index in [1.807, 2.05) is 17.0 Å². The maximum atomic E-state index is 4.44. The Morgan fingerprint density at radius 1 is 1.35 bits per heavy atom. The van der Waals surface area contributed by atoms with Crippen molar-refractivity contribution in [3.8, 4) is 0 Å². The zero-order valence-electron chi connectivity index (χ0n) is 10.3. The Morgan fingerprint density at radius 2 is 2.24 bits per heavy atom. The summed E-state index contributed by atoms with van der Waals surface area (Å²) >= 11 is 0. The van der Waals surface area contributed by atoms with Crippen LogP contribution in [0.4, 0.5) is 0 Å². The van der Waals surface area contributed by atoms with Gasteiger partial charge in [0.15, 0.2) is 0 Å². The zero-order valence-corrected chi connectivity index (χ0v) is 10.3. The molecule has 0 spiro atoms. The fourth-order valence-electron chi connectivity index (χ4n) is 1.54. The van der Waals surface area contributed by atoms with Crippen LogP contribution in [0, 0.1) is 0 Å². The van der Waals surface area contributed by atoms with E-state index in [1.54, 1.807) is 12.5 Å². The van der Waals surface area contributed by atoms with Crippen LogP contribution in [0.15, 0.2) is 37.1 Å². The first-order valence-electron chi connectivity index (χ1n) is 5.87. The predicted molar refractivity (Wildman–Crippen MR) is 67.5 cm³/mol. The van der Waals surface area contributed by atoms with E-state index < -0.39 is 0 Å². The second kappa shape index (κ2) is 5.59. The molecule has 0 aliphatic carbocycles. The molecule has 0 radical (unpaired) electrons. The molecular formula is C13H18N4. The average molecular weight is 230 g/mol. The summed E-state index contributed by atoms with van der Waals surface area (Å²) in [6.07, 6.45) is 7.45. The number of imidazole rings is 1. The van der Waals surface area contributed by atoms with Gasteiger partial charge in [0.05, 0.1) is 18.6 Å². The zero-order chi connectivity index (χ0) is 12.1. The first kappa shape index (κ1) is 11.8. The molecular weight excluding hydrogens is 212 g/mol. The van der Waals surface area contributed by atoms with Crippen molar-refractivity contribution in [3.63, 3.8) is 0 Å². The number of hydrogen-bond donors (Lipinski definition) is 1. The normalized spacial score (nSPS) is 11.0. The Hall–Kier alpha value is -1.68. The van der Waals surface area contributed by atoms with Gasteiger partial charge in [0.1, 0.15) is 0 Å². The molecule has 0 saturated heterocycles. The van der Waals surface area contributed by atoms with E-state index in [2.05, 4.69) is 41.3 Å². The topological polar surface area (TPSA) is 42.7 Å². The monoisotopic (exact) mass is 230 g/mol. The van der Waals surface area contributed by atoms with Crippen molar-refractivity contribution in [2.45, 2.75) is 33.0 Å². The lowest BCUT2D eigenvalue weighted by Crippen LogP contribution is -2.21. The first-order chi connectivity index (χ1) is 8.24. The molecule has 0 unspecified atom stereocenters. The second-order valence-corrected chi connectivity index (χ2v) is 4.43. The fourth-order valence-corrected chi connectivity index (χ4v) is 1.54. The second-order valence-electron chi connectivity index (χ2n) is 4.43. The summed E-state index contributed by atoms with van der Waals surface area (Å²) < 4.78 is 2.01. The van der Waals surface area contributed by atoms with E-state index in [4.69, 9.17) is 0 Å². The number of nitrogens with zero attached hydrogens (tertiary/aromatic N) is 3. The molecule has 4 nitrogen and oxygen atoms in total. The summed E-state index contributed by atoms with van der Waals surface area (Å²) in [5.74, 6) is 0. The van der Waals surface area contributed by atoms with E-state index in [9.17, 15) is 0 Å². The summed E-state index contributed by atoms with van der Waals surface area (Å²) in [6.45, 7) is 5.93. The molecule has 4 heteroatoms. The summed E-state index contributed by atoms with van der Waals surface area (Å²) in [5.41, 5.74) is 2.27. The van der Waals surface area contributed by atoms with Gasteiger partial charge in [0.2, 0.25) is 0 Å². The fraction of sp³-hybridized carbons (Fsp3) is 0.385. The SMILES string of the molecule is CC(C)NCc1ccc(Cn2ccnc2)nc1. The van der Waals surface area contributed by atoms with Gasteiger partial charge in [-0.25, -0.2) is 4.98 Å². The van der Waals surface area contributed by atoms with Crippen molar-refractivity contribution in [2.75, 3.05) is 0 Å². The van der Waals surface area contributed by atoms with Crippen molar-refractivity contribution in [1.29, 1.82) is 0 Å². The van der Waals surface area contributed by atoms with Gasteiger partial charge in [-0.3, -0.25) is 4.98 Å². The lowest BCUT2D eigenvalue weighted by molar-refractivity contribution is 0.587. The summed E-state index contributed by atoms with van der Waals surface area (Å²) in [5, 5.41) is 3.37. The molecule has 0 aromatic carbocycles. The highest BCUT2D eigenvalue weighted by Crippen LogP contribution is 2.02. The highest BCUT2D eigenvalue weighted by Gasteiger charge is 1.98. The molecule has 0 amide bonds. The minimum atomic E-state index is 0.501. The maximum Gasteiger partial charge on any atom is 0.0949 e. The van der Waals surface area contributed by atoms with Crippen molar-refractivity contribution in [1.82, 2.24) is 19.9 Å². The summed E-state index contributed by atoms with van der Waals surface area (Å²) in [6, 6.07) is 4.69. The van der Waals surface area contributed by atoms with Gasteiger partial charge < -0.3 is 9.88 Å². The Bertz CT molecular complexity index is 431. The van der Waals surface area contributed by atoms with E-state index in [0.29, 0.717) is 6.04 Å². The average Bonchev–Trinajstić information content (AvgIpc) is 2.81. The Labute approximate surface area is 102 Å². The Balaban J connectivity index is 1.93. The van der Waals surface area contributed by atoms with E-state index in [0.717, 1.165) is 18.8 Å². The van der Waals surface area contributed by atoms with E-state index >= 15 is 0 Å². The van der Waals surface area contributed by atoms with Crippen LogP contribution in [-0.2, 0) is 13.1 Å². The Morgan fingerprint density at radius 3 is 2.82 bits per heavy atom. The maximum absolute atomic E-state index is 4.44. The van der Waals surface area contributed by atoms with Gasteiger partial charge >= 0.3 is 0 Å². The molecule has 0 fully saturated rings. The van der Waals surface area contributed by atoms with Crippen molar-refractivity contribution in [3.05, 3.63) is 48.3 Å². The molecule has 1 N–H and O–H groups in total. The van der Waals surface area contributed by atoms with Crippen LogP contribution in [0.5, 0.6) is 0 Å². The number of hydrogen-bond acceptors (Lipinski definition) is 3. The smallest absolute Gasteiger partial charge is 0.0949 e. The third kappa shape index (κ3) is 3.67. The van der Waals surface area contributed by atoms with E-state index in [-0.39, 0.29) is 0 Å². The predicted octanol–water partition coefficient (Wildman–Crippen LogP) is 1.82. The minimum Gasteiger partial charge on any atom is -0.331 e. The van der Waals surface area contributed by atoms with Crippen LogP contribution in [0.3, 0.4) is 0 Å². The molecule has 2 heterocycles. The molecule has 2 rings (SSSR count). The van der Waals surface area contributed by atoms with Gasteiger partial charge in [0.25, 0.3) is 0 Å². The van der Waals surface area contributed by atoms with Gasteiger partial charge in [-0.2, -0.15) is 0 Å². The number of pyridine rings is 1. The highest BCUT2D eigenvalue weighted by molar-refractivity contribution is 5.14. The van der Waals surface area contributed by atoms with Crippen molar-refractivity contribution in [2.24, 2.45) is 0 Å². The number of aromatic nitrogens is 3. The van der Waals surface area contributed by atoms with Gasteiger partial charge in [-0.15, -0.1) is 0 Å². The van der Waals surface area contributed by atoms with Crippen LogP contribution >= 0.6 is 0 Å². The standard InChI is InChI=1S/C13H18N4/c1-11(2)15-7-12-3-4-13(16-8-12)9-17-6-5-14-10-17/h3-6,8,10-11,15H,7,9H2,1-2H3. The van der Waals surface area contributed by atoms with Crippen LogP contribution in [0.25, 0.3) is 0 Å². The van der Waals surface area contributed by atoms with Crippen LogP contribution in [0.1, 0.15) is 25.1 Å². The lowest BCUT2D eigenvalue weighted by atomic mass is 10.2. The van der Waals surface area contributed by atoms with Gasteiger partial charge in [0, 0.05) is 31.2 Å². The molecule has 0 bridgehead atoms. The van der Waals surface area contributed by atoms with Crippen molar-refractivity contribution < 1.29 is 0 Å². The third-order valence-corrected chi connectivity index (χ3v) is 2.50. The van der Waals surface area contributed by atoms with Crippen LogP contribution in [0.2, 0.25) is 0 Å². The van der Waals surface area contributed by atoms with Gasteiger partial charge in [-0.1, -0.05) is 19.9 Å². The molecule has 90 valence electrons. The van der Waals surface area contributed by atoms with E-state index in [1.165, 1.54) is 5.56 Å². The molecule has 2 aromatic rings. The molecule has 0 saturated carbocycles. The van der Waals surface area contributed by atoms with Gasteiger partial charge in [-0.05, 0) is 11.6 Å². The highest BCUT2D eigenvalue weighted by atomic mass is 15.0. The number of rotatable bonds is 5. The molecule has 0 aliphatic rings. The molecule has 17 heavy (non-hydrogen) atoms. The first-order valence-corrected chi connectivity index (χ1v) is 5.87. The quantitative estimate of drug-likeness (QED) is 0.852. The lowest BCUT2D eigenvalue weighted by Gasteiger charge is -2.08. The van der Waals surface area contributed by atoms with Crippen LogP contribution < -0.4 is 5.32 Å². The Kier molecular flexibility index (Phi) is 3.88. The van der Waals surface area contributed by atoms with Crippen LogP contribution in [-0.4, -0.2) is 20.6 Å². The summed E-state index contributed by atoms with van der Waals surface area (Å²) in [4.78, 5) is 8.45. The summed E-state index contributed by atoms with van der Waals surface area (Å²) in [7, 11) is 0. The molecule has 0 aliphatic heterocycles. The van der Waals surface area contributed by atoms with Crippen molar-refractivity contribution >= 4 is 0 Å². The minimum absolute atomic E-state index is 0.501.